The van der Waals surface area contributed by atoms with Gasteiger partial charge in [0.2, 0.25) is 5.82 Å². The summed E-state index contributed by atoms with van der Waals surface area (Å²) in [7, 11) is 0. The lowest BCUT2D eigenvalue weighted by Crippen LogP contribution is -2.16. The zero-order chi connectivity index (χ0) is 10.8. The lowest BCUT2D eigenvalue weighted by Gasteiger charge is -2.00. The molecule has 1 heterocycles. The number of hydrogen-bond acceptors (Lipinski definition) is 4. The van der Waals surface area contributed by atoms with Gasteiger partial charge in [-0.15, -0.1) is 10.2 Å². The zero-order valence-electron chi connectivity index (χ0n) is 8.19. The summed E-state index contributed by atoms with van der Waals surface area (Å²) in [6, 6.07) is 7.61. The summed E-state index contributed by atoms with van der Waals surface area (Å²) in [6.45, 7) is 1.99. The third-order valence-corrected chi connectivity index (χ3v) is 2.05. The second-order valence-corrected chi connectivity index (χ2v) is 3.25. The van der Waals surface area contributed by atoms with E-state index in [4.69, 9.17) is 5.73 Å². The van der Waals surface area contributed by atoms with Crippen molar-refractivity contribution in [2.75, 3.05) is 5.73 Å². The summed E-state index contributed by atoms with van der Waals surface area (Å²) in [5.74, 6) is 0.306. The van der Waals surface area contributed by atoms with Crippen molar-refractivity contribution < 1.29 is 0 Å². The summed E-state index contributed by atoms with van der Waals surface area (Å²) in [5.41, 5.74) is 6.81. The van der Waals surface area contributed by atoms with Gasteiger partial charge < -0.3 is 10.7 Å². The second-order valence-electron chi connectivity index (χ2n) is 3.25. The van der Waals surface area contributed by atoms with E-state index < -0.39 is 5.56 Å². The highest BCUT2D eigenvalue weighted by atomic mass is 16.1. The minimum atomic E-state index is -0.416. The van der Waals surface area contributed by atoms with Gasteiger partial charge in [0.25, 0.3) is 5.56 Å². The van der Waals surface area contributed by atoms with Crippen LogP contribution in [-0.4, -0.2) is 15.2 Å². The van der Waals surface area contributed by atoms with Crippen molar-refractivity contribution in [3.8, 4) is 11.4 Å². The fourth-order valence-electron chi connectivity index (χ4n) is 1.19. The minimum Gasteiger partial charge on any atom is -0.378 e. The number of rotatable bonds is 1. The van der Waals surface area contributed by atoms with Crippen LogP contribution in [0.1, 0.15) is 5.56 Å². The molecule has 0 spiro atoms. The maximum absolute atomic E-state index is 11.2. The molecule has 5 heteroatoms. The van der Waals surface area contributed by atoms with Crippen LogP contribution in [0, 0.1) is 6.92 Å². The molecule has 0 atom stereocenters. The van der Waals surface area contributed by atoms with E-state index in [9.17, 15) is 4.79 Å². The summed E-state index contributed by atoms with van der Waals surface area (Å²) in [6.07, 6.45) is 0. The summed E-state index contributed by atoms with van der Waals surface area (Å²) < 4.78 is 0. The molecular formula is C10H10N4O. The Labute approximate surface area is 86.0 Å². The van der Waals surface area contributed by atoms with E-state index in [-0.39, 0.29) is 5.82 Å². The Morgan fingerprint density at radius 3 is 2.47 bits per heavy atom. The molecule has 0 aliphatic heterocycles. The van der Waals surface area contributed by atoms with Crippen LogP contribution in [-0.2, 0) is 0 Å². The maximum atomic E-state index is 11.2. The van der Waals surface area contributed by atoms with Crippen LogP contribution in [0.2, 0.25) is 0 Å². The summed E-state index contributed by atoms with van der Waals surface area (Å²) >= 11 is 0. The van der Waals surface area contributed by atoms with Crippen molar-refractivity contribution in [2.45, 2.75) is 6.92 Å². The van der Waals surface area contributed by atoms with Crippen molar-refractivity contribution in [3.05, 3.63) is 40.2 Å². The number of benzene rings is 1. The zero-order valence-corrected chi connectivity index (χ0v) is 8.19. The van der Waals surface area contributed by atoms with Gasteiger partial charge in [0.15, 0.2) is 5.82 Å². The molecule has 2 rings (SSSR count). The van der Waals surface area contributed by atoms with Crippen LogP contribution in [0.3, 0.4) is 0 Å². The Morgan fingerprint density at radius 2 is 1.87 bits per heavy atom. The van der Waals surface area contributed by atoms with E-state index in [2.05, 4.69) is 15.2 Å². The van der Waals surface area contributed by atoms with E-state index in [1.807, 2.05) is 31.2 Å². The van der Waals surface area contributed by atoms with Crippen LogP contribution in [0.4, 0.5) is 5.82 Å². The van der Waals surface area contributed by atoms with Gasteiger partial charge in [0.05, 0.1) is 0 Å². The van der Waals surface area contributed by atoms with Crippen molar-refractivity contribution in [2.24, 2.45) is 0 Å². The molecule has 0 aliphatic rings. The van der Waals surface area contributed by atoms with Gasteiger partial charge in [-0.05, 0) is 6.92 Å². The van der Waals surface area contributed by atoms with E-state index in [1.165, 1.54) is 0 Å². The summed E-state index contributed by atoms with van der Waals surface area (Å²) in [5, 5.41) is 7.37. The van der Waals surface area contributed by atoms with E-state index >= 15 is 0 Å². The topological polar surface area (TPSA) is 84.7 Å². The number of aromatic nitrogens is 3. The molecule has 1 aromatic carbocycles. The van der Waals surface area contributed by atoms with Crippen LogP contribution in [0.15, 0.2) is 29.1 Å². The minimum absolute atomic E-state index is 0.120. The van der Waals surface area contributed by atoms with Crippen LogP contribution in [0.5, 0.6) is 0 Å². The van der Waals surface area contributed by atoms with E-state index in [0.717, 1.165) is 11.1 Å². The fraction of sp³-hybridized carbons (Fsp3) is 0.100. The molecule has 0 unspecified atom stereocenters. The number of hydrogen-bond donors (Lipinski definition) is 2. The van der Waals surface area contributed by atoms with Gasteiger partial charge in [-0.3, -0.25) is 4.79 Å². The molecule has 76 valence electrons. The molecule has 0 radical (unpaired) electrons. The predicted octanol–water partition coefficient (Wildman–Crippen LogP) is 0.723. The normalized spacial score (nSPS) is 10.2. The van der Waals surface area contributed by atoms with Gasteiger partial charge in [-0.1, -0.05) is 29.8 Å². The van der Waals surface area contributed by atoms with Crippen LogP contribution < -0.4 is 11.3 Å². The van der Waals surface area contributed by atoms with Crippen LogP contribution >= 0.6 is 0 Å². The second kappa shape index (κ2) is 3.53. The number of anilines is 1. The smallest absolute Gasteiger partial charge is 0.293 e. The molecule has 5 nitrogen and oxygen atoms in total. The molecule has 1 aromatic heterocycles. The number of aromatic amines is 1. The third-order valence-electron chi connectivity index (χ3n) is 2.05. The number of nitrogens with one attached hydrogen (secondary N) is 1. The van der Waals surface area contributed by atoms with Gasteiger partial charge in [-0.2, -0.15) is 0 Å². The molecule has 0 fully saturated rings. The maximum Gasteiger partial charge on any atom is 0.293 e. The lowest BCUT2D eigenvalue weighted by molar-refractivity contribution is 0.967. The SMILES string of the molecule is Cc1ccc(-c2nnc(N)c(=O)[nH]2)cc1. The Bertz CT molecular complexity index is 530. The number of nitrogens with zero attached hydrogens (tertiary/aromatic N) is 2. The summed E-state index contributed by atoms with van der Waals surface area (Å²) in [4.78, 5) is 13.8. The molecule has 15 heavy (non-hydrogen) atoms. The first-order chi connectivity index (χ1) is 7.16. The first kappa shape index (κ1) is 9.39. The number of nitrogen functional groups attached to an aromatic ring is 1. The molecule has 0 saturated carbocycles. The van der Waals surface area contributed by atoms with Crippen molar-refractivity contribution >= 4 is 5.82 Å². The predicted molar refractivity (Wildman–Crippen MR) is 57.2 cm³/mol. The molecule has 0 amide bonds. The monoisotopic (exact) mass is 202 g/mol. The lowest BCUT2D eigenvalue weighted by atomic mass is 10.1. The average Bonchev–Trinajstić information content (AvgIpc) is 2.23. The molecule has 0 bridgehead atoms. The largest absolute Gasteiger partial charge is 0.378 e. The van der Waals surface area contributed by atoms with Gasteiger partial charge in [0.1, 0.15) is 0 Å². The van der Waals surface area contributed by atoms with E-state index in [0.29, 0.717) is 5.82 Å². The molecule has 2 aromatic rings. The van der Waals surface area contributed by atoms with Gasteiger partial charge >= 0.3 is 0 Å². The van der Waals surface area contributed by atoms with Crippen LogP contribution in [0.25, 0.3) is 11.4 Å². The molecule has 0 saturated heterocycles. The number of nitrogens with two attached hydrogens (primary N) is 1. The quantitative estimate of drug-likeness (QED) is 0.713. The Morgan fingerprint density at radius 1 is 1.20 bits per heavy atom. The highest BCUT2D eigenvalue weighted by molar-refractivity contribution is 5.54. The number of H-pyrrole nitrogens is 1. The Kier molecular flexibility index (Phi) is 2.21. The highest BCUT2D eigenvalue weighted by Gasteiger charge is 2.02. The molecule has 3 N–H and O–H groups in total. The fourth-order valence-corrected chi connectivity index (χ4v) is 1.19. The van der Waals surface area contributed by atoms with Crippen molar-refractivity contribution in [1.29, 1.82) is 0 Å². The number of aryl methyl sites for hydroxylation is 1. The van der Waals surface area contributed by atoms with Crippen molar-refractivity contribution in [1.82, 2.24) is 15.2 Å². The highest BCUT2D eigenvalue weighted by Crippen LogP contribution is 2.12. The molecular weight excluding hydrogens is 192 g/mol. The first-order valence-electron chi connectivity index (χ1n) is 4.46. The third kappa shape index (κ3) is 1.85. The first-order valence-corrected chi connectivity index (χ1v) is 4.46. The average molecular weight is 202 g/mol. The molecule has 0 aliphatic carbocycles. The van der Waals surface area contributed by atoms with Crippen molar-refractivity contribution in [3.63, 3.8) is 0 Å². The Balaban J connectivity index is 2.50. The van der Waals surface area contributed by atoms with Gasteiger partial charge in [0, 0.05) is 5.56 Å². The van der Waals surface area contributed by atoms with Gasteiger partial charge in [-0.25, -0.2) is 0 Å². The Hall–Kier alpha value is -2.17. The standard InChI is InChI=1S/C10H10N4O/c1-6-2-4-7(5-3-6)9-12-10(15)8(11)13-14-9/h2-5H,1H3,(H2,11,13)(H,12,14,15). The van der Waals surface area contributed by atoms with E-state index in [1.54, 1.807) is 0 Å².